The molecule has 9 aromatic rings. The minimum absolute atomic E-state index is 0.198. The molecule has 0 saturated heterocycles. The standard InChI is InChI=1S/C47H30N4O/c1-2-11-30(12-3-1)45-48-46(50-47(49-45)34-21-25-43-38(27-34)37-16-8-9-17-42(37)52-43)31-18-22-35(23-19-31)51-40-24-20-29-10-6-7-15-36(29)44(40)39-26-32-13-4-5-14-33(32)28-41(39)51/h1-27,41H,28H2. The molecule has 0 bridgehead atoms. The minimum atomic E-state index is 0.198. The SMILES string of the molecule is C1=C2c3c(ccc4ccccc34)N(c3ccc(-c4nc(-c5ccccc5)nc(-c5ccc6oc7ccccc7c6c5)n4)cc3)C2Cc2ccccc21. The first-order valence-corrected chi connectivity index (χ1v) is 17.7. The van der Waals surface area contributed by atoms with Crippen LogP contribution in [0.1, 0.15) is 16.7 Å². The molecule has 7 aromatic carbocycles. The molecule has 0 N–H and O–H groups in total. The molecule has 52 heavy (non-hydrogen) atoms. The van der Waals surface area contributed by atoms with E-state index in [0.717, 1.165) is 50.7 Å². The highest BCUT2D eigenvalue weighted by Crippen LogP contribution is 2.51. The summed E-state index contributed by atoms with van der Waals surface area (Å²) in [6, 6.07) is 55.4. The molecule has 1 aliphatic heterocycles. The van der Waals surface area contributed by atoms with Crippen molar-refractivity contribution < 1.29 is 4.42 Å². The number of rotatable bonds is 4. The summed E-state index contributed by atoms with van der Waals surface area (Å²) < 4.78 is 6.12. The number of fused-ring (bicyclic) bond motifs is 9. The molecule has 0 saturated carbocycles. The number of aromatic nitrogens is 3. The topological polar surface area (TPSA) is 55.1 Å². The third-order valence-corrected chi connectivity index (χ3v) is 10.6. The van der Waals surface area contributed by atoms with E-state index >= 15 is 0 Å². The molecular formula is C47H30N4O. The zero-order valence-electron chi connectivity index (χ0n) is 28.1. The monoisotopic (exact) mass is 666 g/mol. The second-order valence-electron chi connectivity index (χ2n) is 13.6. The molecule has 1 unspecified atom stereocenters. The van der Waals surface area contributed by atoms with Crippen molar-refractivity contribution in [2.45, 2.75) is 12.5 Å². The Labute approximate surface area is 300 Å². The number of para-hydroxylation sites is 1. The number of hydrogen-bond acceptors (Lipinski definition) is 5. The lowest BCUT2D eigenvalue weighted by Gasteiger charge is -2.31. The normalized spacial score (nSPS) is 14.7. The van der Waals surface area contributed by atoms with Gasteiger partial charge in [0.2, 0.25) is 0 Å². The smallest absolute Gasteiger partial charge is 0.164 e. The first kappa shape index (κ1) is 28.9. The van der Waals surface area contributed by atoms with E-state index < -0.39 is 0 Å². The Morgan fingerprint density at radius 1 is 0.519 bits per heavy atom. The molecule has 3 heterocycles. The summed E-state index contributed by atoms with van der Waals surface area (Å²) >= 11 is 0. The van der Waals surface area contributed by atoms with Gasteiger partial charge in [0, 0.05) is 44.4 Å². The quantitative estimate of drug-likeness (QED) is 0.187. The van der Waals surface area contributed by atoms with Gasteiger partial charge < -0.3 is 9.32 Å². The van der Waals surface area contributed by atoms with Gasteiger partial charge in [-0.15, -0.1) is 0 Å². The highest BCUT2D eigenvalue weighted by molar-refractivity contribution is 6.10. The summed E-state index contributed by atoms with van der Waals surface area (Å²) in [6.45, 7) is 0. The molecule has 1 aliphatic carbocycles. The van der Waals surface area contributed by atoms with E-state index in [1.807, 2.05) is 60.7 Å². The Bertz CT molecular complexity index is 2890. The Morgan fingerprint density at radius 3 is 2.02 bits per heavy atom. The fraction of sp³-hybridized carbons (Fsp3) is 0.0426. The van der Waals surface area contributed by atoms with Gasteiger partial charge in [-0.25, -0.2) is 15.0 Å². The van der Waals surface area contributed by atoms with E-state index in [0.29, 0.717) is 17.5 Å². The van der Waals surface area contributed by atoms with E-state index in [1.165, 1.54) is 38.7 Å². The first-order chi connectivity index (χ1) is 25.7. The van der Waals surface area contributed by atoms with Gasteiger partial charge in [0.05, 0.1) is 6.04 Å². The Kier molecular flexibility index (Phi) is 6.31. The highest BCUT2D eigenvalue weighted by Gasteiger charge is 2.38. The molecule has 0 spiro atoms. The molecule has 5 heteroatoms. The summed E-state index contributed by atoms with van der Waals surface area (Å²) in [7, 11) is 0. The van der Waals surface area contributed by atoms with Gasteiger partial charge in [-0.3, -0.25) is 0 Å². The van der Waals surface area contributed by atoms with Crippen molar-refractivity contribution in [2.24, 2.45) is 0 Å². The van der Waals surface area contributed by atoms with Gasteiger partial charge in [0.1, 0.15) is 11.2 Å². The predicted molar refractivity (Wildman–Crippen MR) is 211 cm³/mol. The summed E-state index contributed by atoms with van der Waals surface area (Å²) in [5.74, 6) is 1.89. The fourth-order valence-electron chi connectivity index (χ4n) is 8.15. The van der Waals surface area contributed by atoms with E-state index in [-0.39, 0.29) is 6.04 Å². The van der Waals surface area contributed by atoms with Crippen molar-refractivity contribution >= 4 is 55.7 Å². The number of anilines is 2. The number of nitrogens with zero attached hydrogens (tertiary/aromatic N) is 4. The van der Waals surface area contributed by atoms with Crippen LogP contribution in [-0.2, 0) is 6.42 Å². The van der Waals surface area contributed by atoms with Crippen molar-refractivity contribution in [3.05, 3.63) is 174 Å². The number of furan rings is 1. The lowest BCUT2D eigenvalue weighted by molar-refractivity contribution is 0.669. The van der Waals surface area contributed by atoms with Crippen LogP contribution in [0, 0.1) is 0 Å². The van der Waals surface area contributed by atoms with E-state index in [4.69, 9.17) is 19.4 Å². The van der Waals surface area contributed by atoms with Crippen LogP contribution in [0.3, 0.4) is 0 Å². The third kappa shape index (κ3) is 4.53. The summed E-state index contributed by atoms with van der Waals surface area (Å²) in [6.07, 6.45) is 3.35. The lowest BCUT2D eigenvalue weighted by Crippen LogP contribution is -2.30. The largest absolute Gasteiger partial charge is 0.456 e. The third-order valence-electron chi connectivity index (χ3n) is 10.6. The lowest BCUT2D eigenvalue weighted by atomic mass is 9.85. The second kappa shape index (κ2) is 11.3. The maximum Gasteiger partial charge on any atom is 0.164 e. The van der Waals surface area contributed by atoms with E-state index in [1.54, 1.807) is 0 Å². The molecule has 5 nitrogen and oxygen atoms in total. The second-order valence-corrected chi connectivity index (χ2v) is 13.6. The average Bonchev–Trinajstić information content (AvgIpc) is 3.75. The van der Waals surface area contributed by atoms with Crippen LogP contribution in [-0.4, -0.2) is 21.0 Å². The first-order valence-electron chi connectivity index (χ1n) is 17.7. The molecule has 244 valence electrons. The van der Waals surface area contributed by atoms with Gasteiger partial charge >= 0.3 is 0 Å². The predicted octanol–water partition coefficient (Wildman–Crippen LogP) is 11.5. The van der Waals surface area contributed by atoms with Crippen LogP contribution in [0.15, 0.2) is 162 Å². The van der Waals surface area contributed by atoms with Crippen molar-refractivity contribution in [1.29, 1.82) is 0 Å². The number of benzene rings is 7. The molecule has 2 aromatic heterocycles. The number of hydrogen-bond donors (Lipinski definition) is 0. The van der Waals surface area contributed by atoms with Gasteiger partial charge in [-0.1, -0.05) is 103 Å². The summed E-state index contributed by atoms with van der Waals surface area (Å²) in [5, 5.41) is 4.67. The Hall–Kier alpha value is -6.85. The van der Waals surface area contributed by atoms with Crippen LogP contribution >= 0.6 is 0 Å². The van der Waals surface area contributed by atoms with Crippen LogP contribution < -0.4 is 4.90 Å². The maximum atomic E-state index is 6.12. The molecule has 2 aliphatic rings. The van der Waals surface area contributed by atoms with Gasteiger partial charge in [-0.05, 0) is 94.6 Å². The van der Waals surface area contributed by atoms with Crippen LogP contribution in [0.25, 0.3) is 78.5 Å². The fourth-order valence-corrected chi connectivity index (χ4v) is 8.15. The zero-order chi connectivity index (χ0) is 34.2. The summed E-state index contributed by atoms with van der Waals surface area (Å²) in [5.41, 5.74) is 12.3. The van der Waals surface area contributed by atoms with Crippen LogP contribution in [0.5, 0.6) is 0 Å². The Balaban J connectivity index is 1.03. The van der Waals surface area contributed by atoms with Crippen molar-refractivity contribution in [3.63, 3.8) is 0 Å². The zero-order valence-corrected chi connectivity index (χ0v) is 28.1. The molecule has 0 amide bonds. The van der Waals surface area contributed by atoms with Crippen molar-refractivity contribution in [1.82, 2.24) is 15.0 Å². The molecule has 0 radical (unpaired) electrons. The Morgan fingerprint density at radius 2 is 1.17 bits per heavy atom. The van der Waals surface area contributed by atoms with Gasteiger partial charge in [-0.2, -0.15) is 0 Å². The van der Waals surface area contributed by atoms with Gasteiger partial charge in [0.25, 0.3) is 0 Å². The summed E-state index contributed by atoms with van der Waals surface area (Å²) in [4.78, 5) is 17.6. The minimum Gasteiger partial charge on any atom is -0.456 e. The molecule has 1 atom stereocenters. The van der Waals surface area contributed by atoms with Crippen LogP contribution in [0.4, 0.5) is 11.4 Å². The molecular weight excluding hydrogens is 637 g/mol. The van der Waals surface area contributed by atoms with Gasteiger partial charge in [0.15, 0.2) is 17.5 Å². The average molecular weight is 667 g/mol. The molecule has 0 fully saturated rings. The van der Waals surface area contributed by atoms with Crippen LogP contribution in [0.2, 0.25) is 0 Å². The molecule has 11 rings (SSSR count). The van der Waals surface area contributed by atoms with E-state index in [9.17, 15) is 0 Å². The van der Waals surface area contributed by atoms with E-state index in [2.05, 4.69) is 108 Å². The maximum absolute atomic E-state index is 6.12. The highest BCUT2D eigenvalue weighted by atomic mass is 16.3. The van der Waals surface area contributed by atoms with Crippen molar-refractivity contribution in [2.75, 3.05) is 4.90 Å². The van der Waals surface area contributed by atoms with Crippen molar-refractivity contribution in [3.8, 4) is 34.2 Å².